The zero-order valence-corrected chi connectivity index (χ0v) is 8.36. The summed E-state index contributed by atoms with van der Waals surface area (Å²) in [4.78, 5) is 11.4. The van der Waals surface area contributed by atoms with Crippen LogP contribution in [0, 0.1) is 17.7 Å². The molecule has 0 unspecified atom stereocenters. The van der Waals surface area contributed by atoms with E-state index in [1.54, 1.807) is 6.92 Å². The van der Waals surface area contributed by atoms with Gasteiger partial charge in [0.25, 0.3) is 0 Å². The molecule has 1 nitrogen and oxygen atoms in total. The van der Waals surface area contributed by atoms with Crippen molar-refractivity contribution in [1.82, 2.24) is 0 Å². The number of rotatable bonds is 2. The average molecular weight is 211 g/mol. The van der Waals surface area contributed by atoms with E-state index in [9.17, 15) is 9.18 Å². The van der Waals surface area contributed by atoms with Crippen LogP contribution < -0.4 is 0 Å². The van der Waals surface area contributed by atoms with Crippen LogP contribution >= 0.6 is 11.6 Å². The Labute approximate surface area is 86.9 Å². The van der Waals surface area contributed by atoms with Crippen molar-refractivity contribution >= 4 is 17.4 Å². The quantitative estimate of drug-likeness (QED) is 0.542. The Balaban J connectivity index is 2.94. The number of hydrogen-bond acceptors (Lipinski definition) is 1. The molecule has 0 spiro atoms. The molecule has 1 aromatic carbocycles. The van der Waals surface area contributed by atoms with E-state index in [0.717, 1.165) is 6.07 Å². The first-order valence-corrected chi connectivity index (χ1v) is 4.41. The first kappa shape index (κ1) is 10.7. The lowest BCUT2D eigenvalue weighted by molar-refractivity contribution is 0.0994. The summed E-state index contributed by atoms with van der Waals surface area (Å²) in [6, 6.07) is 3.97. The topological polar surface area (TPSA) is 17.1 Å². The normalized spacial score (nSPS) is 9.07. The van der Waals surface area contributed by atoms with Gasteiger partial charge < -0.3 is 0 Å². The summed E-state index contributed by atoms with van der Waals surface area (Å²) in [5.74, 6) is 4.25. The minimum atomic E-state index is -0.597. The molecule has 1 rings (SSSR count). The largest absolute Gasteiger partial charge is 0.293 e. The molecular formula is C11H8ClFO. The van der Waals surface area contributed by atoms with Gasteiger partial charge in [-0.25, -0.2) is 4.39 Å². The van der Waals surface area contributed by atoms with Gasteiger partial charge in [0.15, 0.2) is 5.78 Å². The third kappa shape index (κ3) is 2.58. The van der Waals surface area contributed by atoms with E-state index >= 15 is 0 Å². The maximum atomic E-state index is 13.2. The van der Waals surface area contributed by atoms with Gasteiger partial charge in [-0.05, 0) is 25.1 Å². The summed E-state index contributed by atoms with van der Waals surface area (Å²) in [6.07, 6.45) is 0.0368. The summed E-state index contributed by atoms with van der Waals surface area (Å²) < 4.78 is 13.2. The van der Waals surface area contributed by atoms with Gasteiger partial charge in [0, 0.05) is 5.02 Å². The molecule has 0 bridgehead atoms. The van der Waals surface area contributed by atoms with Gasteiger partial charge in [-0.3, -0.25) is 4.79 Å². The summed E-state index contributed by atoms with van der Waals surface area (Å²) in [5, 5.41) is 0.278. The van der Waals surface area contributed by atoms with E-state index < -0.39 is 5.82 Å². The molecule has 0 N–H and O–H groups in total. The third-order valence-corrected chi connectivity index (χ3v) is 1.89. The van der Waals surface area contributed by atoms with E-state index in [-0.39, 0.29) is 22.8 Å². The number of carbonyl (C=O) groups is 1. The van der Waals surface area contributed by atoms with Crippen molar-refractivity contribution in [2.45, 2.75) is 13.3 Å². The Morgan fingerprint density at radius 3 is 2.86 bits per heavy atom. The highest BCUT2D eigenvalue weighted by Gasteiger charge is 2.10. The van der Waals surface area contributed by atoms with Gasteiger partial charge >= 0.3 is 0 Å². The number of hydrogen-bond donors (Lipinski definition) is 0. The predicted molar refractivity (Wildman–Crippen MR) is 53.8 cm³/mol. The van der Waals surface area contributed by atoms with Crippen LogP contribution in [-0.2, 0) is 0 Å². The number of halogens is 2. The molecule has 0 amide bonds. The second kappa shape index (κ2) is 4.78. The van der Waals surface area contributed by atoms with Gasteiger partial charge in [0.2, 0.25) is 0 Å². The standard InChI is InChI=1S/C11H8ClFO/c1-2-3-4-11(14)9-6-5-8(12)7-10(9)13/h5-7H,4H2,1H3. The van der Waals surface area contributed by atoms with Crippen molar-refractivity contribution in [2.75, 3.05) is 0 Å². The van der Waals surface area contributed by atoms with Crippen LogP contribution in [0.15, 0.2) is 18.2 Å². The highest BCUT2D eigenvalue weighted by atomic mass is 35.5. The lowest BCUT2D eigenvalue weighted by atomic mass is 10.1. The molecule has 0 saturated heterocycles. The molecule has 0 saturated carbocycles. The minimum absolute atomic E-state index is 0.0368. The fourth-order valence-corrected chi connectivity index (χ4v) is 1.14. The van der Waals surface area contributed by atoms with Crippen LogP contribution in [0.25, 0.3) is 0 Å². The van der Waals surface area contributed by atoms with Crippen molar-refractivity contribution in [1.29, 1.82) is 0 Å². The molecule has 3 heteroatoms. The van der Waals surface area contributed by atoms with Crippen molar-refractivity contribution in [3.05, 3.63) is 34.6 Å². The van der Waals surface area contributed by atoms with Gasteiger partial charge in [-0.2, -0.15) is 0 Å². The summed E-state index contributed by atoms with van der Waals surface area (Å²) in [6.45, 7) is 1.63. The summed E-state index contributed by atoms with van der Waals surface area (Å²) in [5.41, 5.74) is 0.0390. The smallest absolute Gasteiger partial charge is 0.177 e. The van der Waals surface area contributed by atoms with Crippen molar-refractivity contribution < 1.29 is 9.18 Å². The fraction of sp³-hybridized carbons (Fsp3) is 0.182. The van der Waals surface area contributed by atoms with Crippen LogP contribution in [0.3, 0.4) is 0 Å². The number of Topliss-reactive ketones (excluding diaryl/α,β-unsaturated/α-hetero) is 1. The first-order chi connectivity index (χ1) is 6.65. The first-order valence-electron chi connectivity index (χ1n) is 4.03. The molecule has 0 fully saturated rings. The highest BCUT2D eigenvalue weighted by Crippen LogP contribution is 2.15. The van der Waals surface area contributed by atoms with E-state index in [1.807, 2.05) is 0 Å². The molecule has 1 aromatic rings. The Kier molecular flexibility index (Phi) is 3.67. The number of benzene rings is 1. The highest BCUT2D eigenvalue weighted by molar-refractivity contribution is 6.30. The van der Waals surface area contributed by atoms with Crippen LogP contribution in [0.5, 0.6) is 0 Å². The number of carbonyl (C=O) groups excluding carboxylic acids is 1. The molecule has 0 radical (unpaired) electrons. The lowest BCUT2D eigenvalue weighted by Gasteiger charge is -1.99. The zero-order chi connectivity index (χ0) is 10.6. The second-order valence-corrected chi connectivity index (χ2v) is 3.09. The SMILES string of the molecule is CC#CCC(=O)c1ccc(Cl)cc1F. The van der Waals surface area contributed by atoms with E-state index in [0.29, 0.717) is 0 Å². The lowest BCUT2D eigenvalue weighted by Crippen LogP contribution is -2.00. The monoisotopic (exact) mass is 210 g/mol. The third-order valence-electron chi connectivity index (χ3n) is 1.66. The van der Waals surface area contributed by atoms with Gasteiger partial charge in [-0.15, -0.1) is 5.92 Å². The fourth-order valence-electron chi connectivity index (χ4n) is 0.980. The Bertz CT molecular complexity index is 415. The molecule has 0 aliphatic heterocycles. The maximum absolute atomic E-state index is 13.2. The Hall–Kier alpha value is -1.33. The zero-order valence-electron chi connectivity index (χ0n) is 7.60. The molecule has 14 heavy (non-hydrogen) atoms. The molecular weight excluding hydrogens is 203 g/mol. The molecule has 72 valence electrons. The maximum Gasteiger partial charge on any atom is 0.177 e. The van der Waals surface area contributed by atoms with Crippen molar-refractivity contribution in [3.63, 3.8) is 0 Å². The number of ketones is 1. The average Bonchev–Trinajstić information content (AvgIpc) is 2.14. The van der Waals surface area contributed by atoms with E-state index in [4.69, 9.17) is 11.6 Å². The van der Waals surface area contributed by atoms with Crippen molar-refractivity contribution in [3.8, 4) is 11.8 Å². The van der Waals surface area contributed by atoms with Crippen LogP contribution in [-0.4, -0.2) is 5.78 Å². The molecule has 0 atom stereocenters. The van der Waals surface area contributed by atoms with Crippen LogP contribution in [0.2, 0.25) is 5.02 Å². The molecule has 0 aromatic heterocycles. The minimum Gasteiger partial charge on any atom is -0.293 e. The van der Waals surface area contributed by atoms with Crippen LogP contribution in [0.1, 0.15) is 23.7 Å². The second-order valence-electron chi connectivity index (χ2n) is 2.65. The molecule has 0 aliphatic rings. The molecule has 0 heterocycles. The van der Waals surface area contributed by atoms with E-state index in [1.165, 1.54) is 12.1 Å². The summed E-state index contributed by atoms with van der Waals surface area (Å²) >= 11 is 5.55. The Morgan fingerprint density at radius 1 is 1.57 bits per heavy atom. The van der Waals surface area contributed by atoms with Gasteiger partial charge in [0.1, 0.15) is 5.82 Å². The van der Waals surface area contributed by atoms with E-state index in [2.05, 4.69) is 11.8 Å². The predicted octanol–water partition coefficient (Wildman–Crippen LogP) is 3.08. The summed E-state index contributed by atoms with van der Waals surface area (Å²) in [7, 11) is 0. The van der Waals surface area contributed by atoms with Gasteiger partial charge in [0.05, 0.1) is 12.0 Å². The van der Waals surface area contributed by atoms with Gasteiger partial charge in [-0.1, -0.05) is 17.5 Å². The Morgan fingerprint density at radius 2 is 2.29 bits per heavy atom. The molecule has 0 aliphatic carbocycles. The van der Waals surface area contributed by atoms with Crippen LogP contribution in [0.4, 0.5) is 4.39 Å². The van der Waals surface area contributed by atoms with Crippen molar-refractivity contribution in [2.24, 2.45) is 0 Å².